The van der Waals surface area contributed by atoms with Gasteiger partial charge >= 0.3 is 0 Å². The first kappa shape index (κ1) is 25.4. The van der Waals surface area contributed by atoms with E-state index >= 15 is 0 Å². The van der Waals surface area contributed by atoms with Gasteiger partial charge in [-0.05, 0) is 55.9 Å². The Kier molecular flexibility index (Phi) is 8.11. The number of nitrogens with zero attached hydrogens (tertiary/aromatic N) is 5. The zero-order valence-corrected chi connectivity index (χ0v) is 21.5. The number of aryl methyl sites for hydroxylation is 2. The summed E-state index contributed by atoms with van der Waals surface area (Å²) in [6.45, 7) is 11.7. The van der Waals surface area contributed by atoms with Crippen LogP contribution < -0.4 is 5.32 Å². The Hall–Kier alpha value is -3.18. The minimum Gasteiger partial charge on any atom is -0.337 e. The fourth-order valence-corrected chi connectivity index (χ4v) is 4.46. The Morgan fingerprint density at radius 1 is 1.15 bits per heavy atom. The summed E-state index contributed by atoms with van der Waals surface area (Å²) in [5.41, 5.74) is 3.32. The van der Waals surface area contributed by atoms with E-state index in [2.05, 4.69) is 63.2 Å². The number of amides is 1. The van der Waals surface area contributed by atoms with Gasteiger partial charge in [0.25, 0.3) is 0 Å². The van der Waals surface area contributed by atoms with Crippen LogP contribution in [0.1, 0.15) is 52.7 Å². The van der Waals surface area contributed by atoms with Crippen molar-refractivity contribution in [1.29, 1.82) is 5.26 Å². The van der Waals surface area contributed by atoms with Crippen molar-refractivity contribution in [2.24, 2.45) is 5.92 Å². The molecule has 1 N–H and O–H groups in total. The summed E-state index contributed by atoms with van der Waals surface area (Å²) in [6, 6.07) is 12.4. The Balaban J connectivity index is 2.08. The summed E-state index contributed by atoms with van der Waals surface area (Å²) in [5, 5.41) is 21.7. The second-order valence-corrected chi connectivity index (χ2v) is 10.0. The largest absolute Gasteiger partial charge is 0.337 e. The van der Waals surface area contributed by atoms with Crippen LogP contribution in [-0.2, 0) is 17.6 Å². The molecule has 0 spiro atoms. The monoisotopic (exact) mass is 476 g/mol. The second-order valence-electron chi connectivity index (χ2n) is 8.73. The standard InChI is InChI=1S/C26H32N6OS/c1-7-19-11-9-12-20(8-2)22(19)32-23(21-13-10-14-28-15-21)30-31-25(32)34-18(5)24(33)29-26(6,16-27)17(3)4/h9-15,17-18H,7-8H2,1-6H3,(H,29,33). The lowest BCUT2D eigenvalue weighted by atomic mass is 9.90. The zero-order valence-electron chi connectivity index (χ0n) is 20.7. The van der Waals surface area contributed by atoms with Crippen LogP contribution in [0.25, 0.3) is 17.1 Å². The molecule has 2 aromatic heterocycles. The Morgan fingerprint density at radius 3 is 2.35 bits per heavy atom. The highest BCUT2D eigenvalue weighted by atomic mass is 32.2. The number of carbonyl (C=O) groups is 1. The van der Waals surface area contributed by atoms with E-state index < -0.39 is 10.8 Å². The van der Waals surface area contributed by atoms with Gasteiger partial charge in [0.05, 0.1) is 17.0 Å². The van der Waals surface area contributed by atoms with E-state index in [1.807, 2.05) is 32.9 Å². The van der Waals surface area contributed by atoms with E-state index in [1.54, 1.807) is 19.3 Å². The van der Waals surface area contributed by atoms with Crippen LogP contribution in [0.3, 0.4) is 0 Å². The molecule has 8 heteroatoms. The molecule has 0 saturated carbocycles. The molecule has 0 aliphatic rings. The van der Waals surface area contributed by atoms with Crippen LogP contribution in [0.4, 0.5) is 0 Å². The third-order valence-electron chi connectivity index (χ3n) is 6.16. The number of aromatic nitrogens is 4. The lowest BCUT2D eigenvalue weighted by Crippen LogP contribution is -2.51. The third-order valence-corrected chi connectivity index (χ3v) is 7.21. The number of thioether (sulfide) groups is 1. The van der Waals surface area contributed by atoms with Gasteiger partial charge in [-0.25, -0.2) is 0 Å². The van der Waals surface area contributed by atoms with Gasteiger partial charge in [0.15, 0.2) is 11.0 Å². The molecule has 178 valence electrons. The maximum absolute atomic E-state index is 13.0. The minimum absolute atomic E-state index is 0.0250. The molecule has 34 heavy (non-hydrogen) atoms. The van der Waals surface area contributed by atoms with Crippen molar-refractivity contribution in [1.82, 2.24) is 25.1 Å². The molecule has 2 unspecified atom stereocenters. The van der Waals surface area contributed by atoms with E-state index in [9.17, 15) is 10.1 Å². The number of benzene rings is 1. The number of carbonyl (C=O) groups excluding carboxylic acids is 1. The number of nitriles is 1. The molecule has 1 amide bonds. The van der Waals surface area contributed by atoms with E-state index in [0.29, 0.717) is 11.0 Å². The molecule has 2 heterocycles. The summed E-state index contributed by atoms with van der Waals surface area (Å²) < 4.78 is 2.05. The van der Waals surface area contributed by atoms with Gasteiger partial charge in [-0.2, -0.15) is 5.26 Å². The predicted octanol–water partition coefficient (Wildman–Crippen LogP) is 4.99. The first-order chi connectivity index (χ1) is 16.3. The SMILES string of the molecule is CCc1cccc(CC)c1-n1c(SC(C)C(=O)NC(C)(C#N)C(C)C)nnc1-c1cccnc1. The van der Waals surface area contributed by atoms with Crippen molar-refractivity contribution in [3.63, 3.8) is 0 Å². The molecule has 0 bridgehead atoms. The normalized spacial score (nSPS) is 13.8. The molecule has 3 rings (SSSR count). The lowest BCUT2D eigenvalue weighted by Gasteiger charge is -2.28. The summed E-state index contributed by atoms with van der Waals surface area (Å²) in [4.78, 5) is 17.3. The average Bonchev–Trinajstić information content (AvgIpc) is 3.26. The first-order valence-corrected chi connectivity index (χ1v) is 12.5. The van der Waals surface area contributed by atoms with E-state index in [1.165, 1.54) is 22.9 Å². The highest BCUT2D eigenvalue weighted by Gasteiger charge is 2.32. The van der Waals surface area contributed by atoms with Crippen molar-refractivity contribution >= 4 is 17.7 Å². The molecule has 3 aromatic rings. The fourth-order valence-electron chi connectivity index (χ4n) is 3.60. The molecule has 0 fully saturated rings. The number of nitrogens with one attached hydrogen (secondary N) is 1. The van der Waals surface area contributed by atoms with Crippen molar-refractivity contribution in [3.05, 3.63) is 53.9 Å². The van der Waals surface area contributed by atoms with Gasteiger partial charge in [0, 0.05) is 18.0 Å². The maximum Gasteiger partial charge on any atom is 0.234 e. The molecule has 2 atom stereocenters. The lowest BCUT2D eigenvalue weighted by molar-refractivity contribution is -0.121. The summed E-state index contributed by atoms with van der Waals surface area (Å²) in [6.07, 6.45) is 5.20. The highest BCUT2D eigenvalue weighted by molar-refractivity contribution is 8.00. The third kappa shape index (κ3) is 5.15. The number of hydrogen-bond acceptors (Lipinski definition) is 6. The smallest absolute Gasteiger partial charge is 0.234 e. The molecule has 1 aromatic carbocycles. The molecule has 0 aliphatic heterocycles. The second kappa shape index (κ2) is 10.8. The van der Waals surface area contributed by atoms with Crippen LogP contribution in [-0.4, -0.2) is 36.4 Å². The molecular weight excluding hydrogens is 444 g/mol. The van der Waals surface area contributed by atoms with E-state index in [4.69, 9.17) is 0 Å². The van der Waals surface area contributed by atoms with E-state index in [-0.39, 0.29) is 11.8 Å². The van der Waals surface area contributed by atoms with Gasteiger partial charge in [-0.15, -0.1) is 10.2 Å². The summed E-state index contributed by atoms with van der Waals surface area (Å²) in [7, 11) is 0. The van der Waals surface area contributed by atoms with Gasteiger partial charge in [0.2, 0.25) is 5.91 Å². The number of rotatable bonds is 9. The maximum atomic E-state index is 13.0. The Morgan fingerprint density at radius 2 is 1.82 bits per heavy atom. The number of pyridine rings is 1. The quantitative estimate of drug-likeness (QED) is 0.437. The summed E-state index contributed by atoms with van der Waals surface area (Å²) in [5.74, 6) is 0.450. The number of hydrogen-bond donors (Lipinski definition) is 1. The van der Waals surface area contributed by atoms with Gasteiger partial charge in [-0.1, -0.05) is 57.7 Å². The highest BCUT2D eigenvalue weighted by Crippen LogP contribution is 2.33. The topological polar surface area (TPSA) is 96.5 Å². The molecule has 0 aliphatic carbocycles. The van der Waals surface area contributed by atoms with E-state index in [0.717, 1.165) is 24.1 Å². The van der Waals surface area contributed by atoms with Crippen LogP contribution in [0, 0.1) is 17.2 Å². The Bertz CT molecular complexity index is 1160. The summed E-state index contributed by atoms with van der Waals surface area (Å²) >= 11 is 1.34. The van der Waals surface area contributed by atoms with Gasteiger partial charge in [-0.3, -0.25) is 14.3 Å². The molecule has 0 saturated heterocycles. The first-order valence-electron chi connectivity index (χ1n) is 11.6. The van der Waals surface area contributed by atoms with Crippen molar-refractivity contribution in [3.8, 4) is 23.1 Å². The van der Waals surface area contributed by atoms with Crippen LogP contribution >= 0.6 is 11.8 Å². The number of para-hydroxylation sites is 1. The predicted molar refractivity (Wildman–Crippen MR) is 136 cm³/mol. The van der Waals surface area contributed by atoms with Crippen molar-refractivity contribution < 1.29 is 4.79 Å². The van der Waals surface area contributed by atoms with Crippen LogP contribution in [0.15, 0.2) is 47.9 Å². The van der Waals surface area contributed by atoms with Crippen LogP contribution in [0.2, 0.25) is 0 Å². The minimum atomic E-state index is -0.940. The average molecular weight is 477 g/mol. The fraction of sp³-hybridized carbons (Fsp3) is 0.423. The van der Waals surface area contributed by atoms with Crippen molar-refractivity contribution in [2.75, 3.05) is 0 Å². The molecule has 7 nitrogen and oxygen atoms in total. The zero-order chi connectivity index (χ0) is 24.9. The van der Waals surface area contributed by atoms with Crippen molar-refractivity contribution in [2.45, 2.75) is 70.3 Å². The van der Waals surface area contributed by atoms with Gasteiger partial charge in [0.1, 0.15) is 5.54 Å². The molecular formula is C26H32N6OS. The molecule has 0 radical (unpaired) electrons. The van der Waals surface area contributed by atoms with Crippen LogP contribution in [0.5, 0.6) is 0 Å². The Labute approximate surface area is 206 Å². The van der Waals surface area contributed by atoms with Gasteiger partial charge < -0.3 is 5.32 Å².